The number of unbranched alkanes of at least 4 members (excludes halogenated alkanes) is 4. The summed E-state index contributed by atoms with van der Waals surface area (Å²) in [7, 11) is -4.57. The molecule has 0 aliphatic carbocycles. The fraction of sp³-hybridized carbons (Fsp3) is 0.368. The number of para-hydroxylation sites is 1. The van der Waals surface area contributed by atoms with Crippen LogP contribution in [0.25, 0.3) is 0 Å². The minimum absolute atomic E-state index is 0. The third kappa shape index (κ3) is 7.30. The van der Waals surface area contributed by atoms with E-state index >= 15 is 0 Å². The van der Waals surface area contributed by atoms with Crippen molar-refractivity contribution < 1.29 is 74.2 Å². The molecule has 7 heteroatoms. The van der Waals surface area contributed by atoms with Gasteiger partial charge in [-0.1, -0.05) is 62.6 Å². The Kier molecular flexibility index (Phi) is 10.4. The summed E-state index contributed by atoms with van der Waals surface area (Å²) in [5, 5.41) is 11.6. The molecule has 0 aliphatic rings. The minimum atomic E-state index is -4.57. The summed E-state index contributed by atoms with van der Waals surface area (Å²) in [6, 6.07) is 11.1. The van der Waals surface area contributed by atoms with Gasteiger partial charge in [-0.2, -0.15) is 8.42 Å². The number of aryl methyl sites for hydroxylation is 1. The van der Waals surface area contributed by atoms with Crippen LogP contribution in [0.5, 0.6) is 17.2 Å². The van der Waals surface area contributed by atoms with Gasteiger partial charge in [-0.05, 0) is 30.5 Å². The molecule has 0 unspecified atom stereocenters. The van der Waals surface area contributed by atoms with E-state index in [1.165, 1.54) is 25.3 Å². The molecule has 0 fully saturated rings. The van der Waals surface area contributed by atoms with Crippen LogP contribution < -0.4 is 61.2 Å². The largest absolute Gasteiger partial charge is 1.00 e. The molecule has 26 heavy (non-hydrogen) atoms. The molecule has 0 heterocycles. The Bertz CT molecular complexity index is 805. The minimum Gasteiger partial charge on any atom is -0.872 e. The van der Waals surface area contributed by atoms with Crippen molar-refractivity contribution in [3.63, 3.8) is 0 Å². The maximum absolute atomic E-state index is 11.6. The fourth-order valence-electron chi connectivity index (χ4n) is 2.61. The van der Waals surface area contributed by atoms with Crippen LogP contribution in [0.2, 0.25) is 0 Å². The second kappa shape index (κ2) is 11.4. The molecule has 0 radical (unpaired) electrons. The van der Waals surface area contributed by atoms with Crippen LogP contribution in [-0.2, 0) is 16.5 Å². The van der Waals surface area contributed by atoms with Gasteiger partial charge in [0.05, 0.1) is 4.90 Å². The van der Waals surface area contributed by atoms with E-state index in [9.17, 15) is 13.5 Å². The molecule has 0 aromatic heterocycles. The molecule has 0 aliphatic heterocycles. The van der Waals surface area contributed by atoms with E-state index in [-0.39, 0.29) is 57.1 Å². The molecule has 2 rings (SSSR count). The number of ether oxygens (including phenoxy) is 1. The molecule has 1 N–H and O–H groups in total. The predicted molar refractivity (Wildman–Crippen MR) is 94.7 cm³/mol. The Hall–Kier alpha value is -0.414. The van der Waals surface area contributed by atoms with Gasteiger partial charge >= 0.3 is 51.4 Å². The normalized spacial score (nSPS) is 11.0. The summed E-state index contributed by atoms with van der Waals surface area (Å²) in [5.41, 5.74) is 1.03. The molecule has 136 valence electrons. The third-order valence-corrected chi connectivity index (χ3v) is 4.82. The average molecular weight is 403 g/mol. The standard InChI is InChI=1S/C19H24O5S.K/c1-2-3-4-5-6-9-15-10-7-8-11-18(15)24-16-12-13-17(20)19(14-16)25(21,22)23;/h7-8,10-14,20H,2-6,9H2,1H3,(H,21,22,23);/q;+1/p-1. The molecule has 5 nitrogen and oxygen atoms in total. The van der Waals surface area contributed by atoms with Crippen molar-refractivity contribution in [2.75, 3.05) is 0 Å². The fourth-order valence-corrected chi connectivity index (χ4v) is 3.20. The summed E-state index contributed by atoms with van der Waals surface area (Å²) in [6.45, 7) is 2.18. The Morgan fingerprint density at radius 1 is 1.04 bits per heavy atom. The molecule has 2 aromatic rings. The number of hydrogen-bond acceptors (Lipinski definition) is 4. The van der Waals surface area contributed by atoms with Crippen molar-refractivity contribution in [2.24, 2.45) is 0 Å². The first-order valence-electron chi connectivity index (χ1n) is 8.46. The van der Waals surface area contributed by atoms with Gasteiger partial charge in [0.25, 0.3) is 10.1 Å². The van der Waals surface area contributed by atoms with Gasteiger partial charge in [-0.3, -0.25) is 4.55 Å². The Balaban J connectivity index is 0.00000338. The zero-order valence-corrected chi connectivity index (χ0v) is 19.2. The topological polar surface area (TPSA) is 86.7 Å². The zero-order valence-electron chi connectivity index (χ0n) is 15.3. The molecule has 0 amide bonds. The van der Waals surface area contributed by atoms with E-state index in [1.807, 2.05) is 18.2 Å². The molecule has 0 spiro atoms. The van der Waals surface area contributed by atoms with Gasteiger partial charge in [0, 0.05) is 6.07 Å². The first-order chi connectivity index (χ1) is 11.9. The van der Waals surface area contributed by atoms with Crippen molar-refractivity contribution in [1.29, 1.82) is 0 Å². The summed E-state index contributed by atoms with van der Waals surface area (Å²) < 4.78 is 37.4. The monoisotopic (exact) mass is 402 g/mol. The Morgan fingerprint density at radius 3 is 2.42 bits per heavy atom. The van der Waals surface area contributed by atoms with Crippen LogP contribution in [0.1, 0.15) is 44.6 Å². The predicted octanol–water partition coefficient (Wildman–Crippen LogP) is 1.32. The van der Waals surface area contributed by atoms with E-state index < -0.39 is 20.8 Å². The van der Waals surface area contributed by atoms with E-state index in [0.29, 0.717) is 5.75 Å². The first kappa shape index (κ1) is 23.6. The van der Waals surface area contributed by atoms with E-state index in [4.69, 9.17) is 9.29 Å². The van der Waals surface area contributed by atoms with E-state index in [2.05, 4.69) is 6.92 Å². The summed E-state index contributed by atoms with van der Waals surface area (Å²) in [5.74, 6) is 0.0580. The molecule has 0 bridgehead atoms. The smallest absolute Gasteiger partial charge is 0.872 e. The van der Waals surface area contributed by atoms with E-state index in [0.717, 1.165) is 37.0 Å². The average Bonchev–Trinajstić information content (AvgIpc) is 2.57. The zero-order chi connectivity index (χ0) is 18.3. The Labute approximate surface area is 198 Å². The van der Waals surface area contributed by atoms with Crippen molar-refractivity contribution in [3.05, 3.63) is 48.0 Å². The van der Waals surface area contributed by atoms with Gasteiger partial charge in [0.15, 0.2) is 0 Å². The van der Waals surface area contributed by atoms with Crippen LogP contribution in [0, 0.1) is 0 Å². The maximum atomic E-state index is 11.6. The molecule has 0 saturated carbocycles. The number of rotatable bonds is 9. The summed E-state index contributed by atoms with van der Waals surface area (Å²) in [6.07, 6.45) is 6.71. The van der Waals surface area contributed by atoms with Crippen molar-refractivity contribution >= 4 is 10.1 Å². The van der Waals surface area contributed by atoms with Crippen LogP contribution >= 0.6 is 0 Å². The van der Waals surface area contributed by atoms with Crippen molar-refractivity contribution in [2.45, 2.75) is 50.3 Å². The molecule has 0 atom stereocenters. The van der Waals surface area contributed by atoms with Crippen molar-refractivity contribution in [1.82, 2.24) is 0 Å². The first-order valence-corrected chi connectivity index (χ1v) is 9.90. The molecular formula is C19H23KO5S. The van der Waals surface area contributed by atoms with Crippen LogP contribution in [0.3, 0.4) is 0 Å². The van der Waals surface area contributed by atoms with E-state index in [1.54, 1.807) is 6.07 Å². The van der Waals surface area contributed by atoms with Crippen LogP contribution in [0.15, 0.2) is 47.4 Å². The summed E-state index contributed by atoms with van der Waals surface area (Å²) >= 11 is 0. The molecule has 2 aromatic carbocycles. The Morgan fingerprint density at radius 2 is 1.73 bits per heavy atom. The van der Waals surface area contributed by atoms with Gasteiger partial charge < -0.3 is 9.84 Å². The second-order valence-electron chi connectivity index (χ2n) is 5.96. The van der Waals surface area contributed by atoms with Gasteiger partial charge in [0.2, 0.25) is 0 Å². The summed E-state index contributed by atoms with van der Waals surface area (Å²) in [4.78, 5) is -0.679. The SMILES string of the molecule is CCCCCCCc1ccccc1Oc1ccc([O-])c(S(=O)(=O)O)c1.[K+]. The molecular weight excluding hydrogens is 379 g/mol. The van der Waals surface area contributed by atoms with Crippen LogP contribution in [0.4, 0.5) is 0 Å². The maximum Gasteiger partial charge on any atom is 1.00 e. The van der Waals surface area contributed by atoms with Gasteiger partial charge in [0.1, 0.15) is 11.5 Å². The number of benzene rings is 2. The van der Waals surface area contributed by atoms with Gasteiger partial charge in [-0.25, -0.2) is 0 Å². The molecule has 0 saturated heterocycles. The quantitative estimate of drug-likeness (QED) is 0.388. The third-order valence-electron chi connectivity index (χ3n) is 3.94. The second-order valence-corrected chi connectivity index (χ2v) is 7.35. The van der Waals surface area contributed by atoms with Gasteiger partial charge in [-0.15, -0.1) is 0 Å². The van der Waals surface area contributed by atoms with Crippen molar-refractivity contribution in [3.8, 4) is 17.2 Å². The number of hydrogen-bond donors (Lipinski definition) is 1. The van der Waals surface area contributed by atoms with Crippen LogP contribution in [-0.4, -0.2) is 13.0 Å².